The number of alkyl halides is 4. The van der Waals surface area contributed by atoms with Gasteiger partial charge in [0.25, 0.3) is 5.91 Å². The van der Waals surface area contributed by atoms with Crippen LogP contribution in [0.2, 0.25) is 0 Å². The lowest BCUT2D eigenvalue weighted by Gasteiger charge is -2.21. The maximum Gasteiger partial charge on any atom is 0.433 e. The molecule has 13 heteroatoms. The molecule has 1 aliphatic carbocycles. The molecule has 5 heterocycles. The first kappa shape index (κ1) is 29.4. The van der Waals surface area contributed by atoms with Crippen LogP contribution in [0.1, 0.15) is 46.8 Å². The second-order valence-corrected chi connectivity index (χ2v) is 12.6. The lowest BCUT2D eigenvalue weighted by Crippen LogP contribution is -2.35. The molecule has 2 aliphatic heterocycles. The number of carbonyl (C=O) groups excluding carboxylic acids is 3. The summed E-state index contributed by atoms with van der Waals surface area (Å²) in [6, 6.07) is 4.07. The molecule has 7 nitrogen and oxygen atoms in total. The molecule has 0 N–H and O–H groups in total. The molecule has 0 bridgehead atoms. The fourth-order valence-corrected chi connectivity index (χ4v) is 7.27. The molecule has 41 heavy (non-hydrogen) atoms. The normalized spacial score (nSPS) is 23.2. The van der Waals surface area contributed by atoms with Crippen molar-refractivity contribution < 1.29 is 31.9 Å². The second kappa shape index (κ2) is 10.0. The van der Waals surface area contributed by atoms with Gasteiger partial charge < -0.3 is 4.90 Å². The topological polar surface area (TPSA) is 83.5 Å². The molecule has 3 fully saturated rings. The van der Waals surface area contributed by atoms with Gasteiger partial charge in [0.2, 0.25) is 11.8 Å². The predicted octanol–water partition coefficient (Wildman–Crippen LogP) is 5.68. The lowest BCUT2D eigenvalue weighted by atomic mass is 9.99. The first-order valence-electron chi connectivity index (χ1n) is 13.0. The number of hydrogen-bond acceptors (Lipinski definition) is 6. The van der Waals surface area contributed by atoms with E-state index in [0.717, 1.165) is 6.07 Å². The van der Waals surface area contributed by atoms with E-state index in [1.165, 1.54) is 40.3 Å². The Bertz CT molecular complexity index is 1570. The van der Waals surface area contributed by atoms with E-state index in [9.17, 15) is 31.9 Å². The number of nitrogens with zero attached hydrogens (tertiary/aromatic N) is 4. The van der Waals surface area contributed by atoms with Crippen LogP contribution in [0.5, 0.6) is 0 Å². The first-order chi connectivity index (χ1) is 18.8. The van der Waals surface area contributed by atoms with Crippen molar-refractivity contribution in [2.24, 2.45) is 23.2 Å². The zero-order valence-electron chi connectivity index (χ0n) is 22.4. The Hall–Kier alpha value is -3.12. The number of halogens is 5. The van der Waals surface area contributed by atoms with Crippen LogP contribution < -0.4 is 0 Å². The van der Waals surface area contributed by atoms with Crippen LogP contribution in [0.3, 0.4) is 0 Å². The Balaban J connectivity index is 0.00000337. The summed E-state index contributed by atoms with van der Waals surface area (Å²) in [7, 11) is 0. The molecule has 3 amide bonds. The maximum atomic E-state index is 13.8. The highest BCUT2D eigenvalue weighted by Gasteiger charge is 2.72. The monoisotopic (exact) mass is 610 g/mol. The minimum Gasteiger partial charge on any atom is -0.338 e. The highest BCUT2D eigenvalue weighted by molar-refractivity contribution is 7.19. The van der Waals surface area contributed by atoms with E-state index in [-0.39, 0.29) is 77.3 Å². The molecular formula is C28H27ClF4N4O3S. The van der Waals surface area contributed by atoms with Crippen molar-refractivity contribution in [2.45, 2.75) is 39.9 Å². The van der Waals surface area contributed by atoms with E-state index >= 15 is 0 Å². The molecule has 3 aromatic heterocycles. The smallest absolute Gasteiger partial charge is 0.338 e. The summed E-state index contributed by atoms with van der Waals surface area (Å²) in [6.07, 6.45) is -2.84. The molecular weight excluding hydrogens is 584 g/mol. The van der Waals surface area contributed by atoms with Gasteiger partial charge in [-0.1, -0.05) is 13.8 Å². The average molecular weight is 611 g/mol. The van der Waals surface area contributed by atoms with E-state index in [1.54, 1.807) is 6.07 Å². The molecule has 3 atom stereocenters. The average Bonchev–Trinajstić information content (AvgIpc) is 3.32. The van der Waals surface area contributed by atoms with E-state index in [2.05, 4.69) is 9.97 Å². The number of aromatic nitrogens is 2. The molecule has 1 saturated carbocycles. The second-order valence-electron chi connectivity index (χ2n) is 11.4. The molecule has 0 spiro atoms. The van der Waals surface area contributed by atoms with E-state index in [0.29, 0.717) is 33.6 Å². The van der Waals surface area contributed by atoms with E-state index in [1.807, 2.05) is 13.8 Å². The molecule has 2 unspecified atom stereocenters. The number of pyridine rings is 2. The number of amides is 3. The third kappa shape index (κ3) is 4.68. The molecule has 2 saturated heterocycles. The molecule has 6 rings (SSSR count). The minimum atomic E-state index is -4.74. The number of aryl methyl sites for hydroxylation is 1. The van der Waals surface area contributed by atoms with Gasteiger partial charge >= 0.3 is 6.18 Å². The van der Waals surface area contributed by atoms with Crippen LogP contribution >= 0.6 is 23.7 Å². The van der Waals surface area contributed by atoms with Gasteiger partial charge in [0.1, 0.15) is 5.69 Å². The van der Waals surface area contributed by atoms with Gasteiger partial charge in [-0.15, -0.1) is 23.7 Å². The Labute approximate surface area is 243 Å². The van der Waals surface area contributed by atoms with E-state index in [4.69, 9.17) is 0 Å². The summed E-state index contributed by atoms with van der Waals surface area (Å²) in [5.41, 5.74) is -0.700. The van der Waals surface area contributed by atoms with E-state index < -0.39 is 24.5 Å². The van der Waals surface area contributed by atoms with Crippen LogP contribution in [0.25, 0.3) is 21.5 Å². The standard InChI is InChI=1S/C28H26F4N4O3S.ClH/c1-13-8-18(28(30,31)32)34-22(19(13)24(37)35-7-5-14(10-29)11-35)16-4-6-33-17-9-15(40-23(16)17)12-36-25(38)20-21(26(36)39)27(20,2)3;/h4,6,8-9,14,20-21H,5,7,10-12H2,1-3H3;1H/t14-,20?,21?;/m1./s1. The lowest BCUT2D eigenvalue weighted by molar-refractivity contribution is -0.144. The number of imide groups is 1. The van der Waals surface area contributed by atoms with Gasteiger partial charge in [-0.05, 0) is 42.5 Å². The number of rotatable bonds is 5. The Morgan fingerprint density at radius 1 is 1.17 bits per heavy atom. The Morgan fingerprint density at radius 2 is 1.85 bits per heavy atom. The van der Waals surface area contributed by atoms with Gasteiger partial charge in [0.15, 0.2) is 0 Å². The van der Waals surface area contributed by atoms with Crippen molar-refractivity contribution >= 4 is 51.7 Å². The summed E-state index contributed by atoms with van der Waals surface area (Å²) in [4.78, 5) is 50.9. The molecule has 3 aromatic rings. The first-order valence-corrected chi connectivity index (χ1v) is 13.8. The molecule has 0 radical (unpaired) electrons. The number of thiophene rings is 1. The number of piperidine rings is 1. The van der Waals surface area contributed by atoms with Gasteiger partial charge in [-0.3, -0.25) is 28.7 Å². The van der Waals surface area contributed by atoms with Gasteiger partial charge in [-0.2, -0.15) is 13.2 Å². The fourth-order valence-electron chi connectivity index (χ4n) is 6.15. The SMILES string of the molecule is Cc1cc(C(F)(F)F)nc(-c2ccnc3cc(CN4C(=O)C5C(C4=O)C5(C)C)sc23)c1C(=O)N1CC[C@H](CF)C1.Cl. The number of fused-ring (bicyclic) bond motifs is 2. The summed E-state index contributed by atoms with van der Waals surface area (Å²) in [6.45, 7) is 5.18. The quantitative estimate of drug-likeness (QED) is 0.274. The maximum absolute atomic E-state index is 13.8. The Kier molecular flexibility index (Phi) is 7.17. The predicted molar refractivity (Wildman–Crippen MR) is 146 cm³/mol. The summed E-state index contributed by atoms with van der Waals surface area (Å²) < 4.78 is 55.2. The minimum absolute atomic E-state index is 0. The van der Waals surface area contributed by atoms with Gasteiger partial charge in [-0.25, -0.2) is 4.98 Å². The van der Waals surface area contributed by atoms with Crippen LogP contribution in [0.15, 0.2) is 24.4 Å². The molecule has 3 aliphatic rings. The third-order valence-corrected chi connectivity index (χ3v) is 9.58. The Morgan fingerprint density at radius 3 is 2.46 bits per heavy atom. The zero-order chi connectivity index (χ0) is 28.7. The highest BCUT2D eigenvalue weighted by atomic mass is 35.5. The number of carbonyl (C=O) groups is 3. The van der Waals surface area contributed by atoms with Crippen molar-refractivity contribution in [1.82, 2.24) is 19.8 Å². The molecule has 218 valence electrons. The van der Waals surface area contributed by atoms with Crippen molar-refractivity contribution in [3.05, 3.63) is 46.1 Å². The fraction of sp³-hybridized carbons (Fsp3) is 0.464. The van der Waals surface area contributed by atoms with Crippen LogP contribution in [0.4, 0.5) is 17.6 Å². The third-order valence-electron chi connectivity index (χ3n) is 8.44. The van der Waals surface area contributed by atoms with Gasteiger partial charge in [0.05, 0.1) is 46.5 Å². The summed E-state index contributed by atoms with van der Waals surface area (Å²) in [5, 5.41) is 0. The zero-order valence-corrected chi connectivity index (χ0v) is 24.1. The summed E-state index contributed by atoms with van der Waals surface area (Å²) >= 11 is 1.20. The number of likely N-dealkylation sites (tertiary alicyclic amines) is 2. The number of hydrogen-bond donors (Lipinski definition) is 0. The summed E-state index contributed by atoms with van der Waals surface area (Å²) in [5.74, 6) is -1.89. The van der Waals surface area contributed by atoms with Crippen molar-refractivity contribution in [2.75, 3.05) is 19.8 Å². The van der Waals surface area contributed by atoms with Crippen molar-refractivity contribution in [3.63, 3.8) is 0 Å². The van der Waals surface area contributed by atoms with Crippen molar-refractivity contribution in [1.29, 1.82) is 0 Å². The van der Waals surface area contributed by atoms with Gasteiger partial charge in [0, 0.05) is 35.6 Å². The molecule has 0 aromatic carbocycles. The van der Waals surface area contributed by atoms with Crippen LogP contribution in [-0.4, -0.2) is 57.3 Å². The van der Waals surface area contributed by atoms with Crippen LogP contribution in [0, 0.1) is 30.1 Å². The van der Waals surface area contributed by atoms with Crippen LogP contribution in [-0.2, 0) is 22.3 Å². The largest absolute Gasteiger partial charge is 0.433 e. The highest BCUT2D eigenvalue weighted by Crippen LogP contribution is 2.63. The van der Waals surface area contributed by atoms with Crippen molar-refractivity contribution in [3.8, 4) is 11.3 Å².